The highest BCUT2D eigenvalue weighted by Gasteiger charge is 2.12. The van der Waals surface area contributed by atoms with Crippen LogP contribution >= 0.6 is 0 Å². The molecule has 2 aromatic rings. The van der Waals surface area contributed by atoms with E-state index in [-0.39, 0.29) is 5.78 Å². The van der Waals surface area contributed by atoms with Gasteiger partial charge in [0.2, 0.25) is 0 Å². The number of Topliss-reactive ketones (excluding diaryl/α,β-unsaturated/α-hetero) is 1. The van der Waals surface area contributed by atoms with Crippen LogP contribution in [0, 0.1) is 0 Å². The maximum Gasteiger partial charge on any atom is 0.159 e. The fraction of sp³-hybridized carbons (Fsp3) is 0.167. The van der Waals surface area contributed by atoms with Gasteiger partial charge in [0.15, 0.2) is 5.78 Å². The number of rotatable bonds is 2. The van der Waals surface area contributed by atoms with Crippen molar-refractivity contribution < 1.29 is 4.79 Å². The Labute approximate surface area is 113 Å². The molecule has 0 fully saturated rings. The Balaban J connectivity index is 2.02. The van der Waals surface area contributed by atoms with Gasteiger partial charge in [-0.15, -0.1) is 0 Å². The predicted molar refractivity (Wildman–Crippen MR) is 79.1 cm³/mol. The van der Waals surface area contributed by atoms with Crippen LogP contribution in [0.4, 0.5) is 0 Å². The van der Waals surface area contributed by atoms with Crippen molar-refractivity contribution in [3.05, 3.63) is 70.8 Å². The summed E-state index contributed by atoms with van der Waals surface area (Å²) in [5.74, 6) is 0.124. The summed E-state index contributed by atoms with van der Waals surface area (Å²) in [5, 5.41) is 0. The lowest BCUT2D eigenvalue weighted by Gasteiger charge is -2.17. The van der Waals surface area contributed by atoms with E-state index in [9.17, 15) is 4.79 Å². The van der Waals surface area contributed by atoms with Crippen molar-refractivity contribution in [3.8, 4) is 0 Å². The highest BCUT2D eigenvalue weighted by Crippen LogP contribution is 2.30. The largest absolute Gasteiger partial charge is 0.295 e. The van der Waals surface area contributed by atoms with Crippen molar-refractivity contribution in [2.24, 2.45) is 0 Å². The minimum absolute atomic E-state index is 0.124. The number of benzene rings is 2. The number of fused-ring (bicyclic) bond motifs is 1. The van der Waals surface area contributed by atoms with E-state index in [1.807, 2.05) is 18.2 Å². The van der Waals surface area contributed by atoms with Crippen LogP contribution in [0.2, 0.25) is 0 Å². The summed E-state index contributed by atoms with van der Waals surface area (Å²) in [6, 6.07) is 16.4. The minimum atomic E-state index is 0.124. The Bertz CT molecular complexity index is 665. The first-order valence-electron chi connectivity index (χ1n) is 6.64. The van der Waals surface area contributed by atoms with E-state index >= 15 is 0 Å². The van der Waals surface area contributed by atoms with Crippen LogP contribution in [0.5, 0.6) is 0 Å². The van der Waals surface area contributed by atoms with Gasteiger partial charge in [0.25, 0.3) is 0 Å². The van der Waals surface area contributed by atoms with Crippen molar-refractivity contribution in [1.82, 2.24) is 0 Å². The molecule has 0 spiro atoms. The molecular weight excluding hydrogens is 232 g/mol. The first kappa shape index (κ1) is 11.9. The third-order valence-electron chi connectivity index (χ3n) is 3.69. The molecule has 0 heterocycles. The molecule has 0 aromatic heterocycles. The number of hydrogen-bond acceptors (Lipinski definition) is 1. The van der Waals surface area contributed by atoms with Crippen molar-refractivity contribution in [2.75, 3.05) is 0 Å². The molecule has 0 saturated carbocycles. The molecule has 1 heteroatoms. The Morgan fingerprint density at radius 3 is 2.68 bits per heavy atom. The van der Waals surface area contributed by atoms with Gasteiger partial charge < -0.3 is 0 Å². The summed E-state index contributed by atoms with van der Waals surface area (Å²) in [7, 11) is 0. The molecule has 19 heavy (non-hydrogen) atoms. The van der Waals surface area contributed by atoms with Gasteiger partial charge in [-0.3, -0.25) is 4.79 Å². The van der Waals surface area contributed by atoms with E-state index in [2.05, 4.69) is 36.4 Å². The van der Waals surface area contributed by atoms with Crippen LogP contribution < -0.4 is 0 Å². The zero-order chi connectivity index (χ0) is 13.2. The van der Waals surface area contributed by atoms with Gasteiger partial charge in [0.1, 0.15) is 0 Å². The average molecular weight is 248 g/mol. The Morgan fingerprint density at radius 1 is 1.00 bits per heavy atom. The number of allylic oxidation sites excluding steroid dienone is 1. The van der Waals surface area contributed by atoms with E-state index in [1.54, 1.807) is 6.92 Å². The van der Waals surface area contributed by atoms with Gasteiger partial charge in [-0.1, -0.05) is 48.5 Å². The second kappa shape index (κ2) is 4.85. The van der Waals surface area contributed by atoms with Crippen LogP contribution in [-0.4, -0.2) is 5.78 Å². The lowest BCUT2D eigenvalue weighted by atomic mass is 9.88. The molecule has 0 atom stereocenters. The number of ketones is 1. The van der Waals surface area contributed by atoms with Crippen LogP contribution in [0.3, 0.4) is 0 Å². The summed E-state index contributed by atoms with van der Waals surface area (Å²) in [5.41, 5.74) is 5.99. The van der Waals surface area contributed by atoms with Gasteiger partial charge in [-0.25, -0.2) is 0 Å². The minimum Gasteiger partial charge on any atom is -0.295 e. The molecule has 2 aromatic carbocycles. The predicted octanol–water partition coefficient (Wildman–Crippen LogP) is 4.38. The van der Waals surface area contributed by atoms with E-state index in [0.29, 0.717) is 0 Å². The second-order valence-electron chi connectivity index (χ2n) is 5.01. The molecule has 0 N–H and O–H groups in total. The third kappa shape index (κ3) is 2.37. The van der Waals surface area contributed by atoms with E-state index in [0.717, 1.165) is 18.4 Å². The summed E-state index contributed by atoms with van der Waals surface area (Å²) in [6.07, 6.45) is 4.36. The molecule has 0 unspecified atom stereocenters. The smallest absolute Gasteiger partial charge is 0.159 e. The van der Waals surface area contributed by atoms with Crippen molar-refractivity contribution in [3.63, 3.8) is 0 Å². The topological polar surface area (TPSA) is 17.1 Å². The maximum atomic E-state index is 11.5. The molecule has 1 aliphatic carbocycles. The number of hydrogen-bond donors (Lipinski definition) is 0. The molecular formula is C18H16O. The van der Waals surface area contributed by atoms with E-state index in [1.165, 1.54) is 22.3 Å². The Hall–Kier alpha value is -2.15. The number of aryl methyl sites for hydroxylation is 1. The van der Waals surface area contributed by atoms with Crippen LogP contribution in [0.25, 0.3) is 11.6 Å². The highest BCUT2D eigenvalue weighted by molar-refractivity contribution is 5.95. The van der Waals surface area contributed by atoms with Crippen LogP contribution in [0.1, 0.15) is 40.4 Å². The van der Waals surface area contributed by atoms with Crippen LogP contribution in [0.15, 0.2) is 48.5 Å². The zero-order valence-electron chi connectivity index (χ0n) is 11.0. The maximum absolute atomic E-state index is 11.5. The fourth-order valence-electron chi connectivity index (χ4n) is 2.60. The first-order valence-corrected chi connectivity index (χ1v) is 6.64. The summed E-state index contributed by atoms with van der Waals surface area (Å²) < 4.78 is 0. The average Bonchev–Trinajstić information content (AvgIpc) is 2.47. The molecule has 1 nitrogen and oxygen atoms in total. The standard InChI is InChI=1S/C18H16O/c1-13(19)15-7-4-8-17(11-15)18-10-9-14-5-2-3-6-16(14)12-18/h2-8,11-12H,9-10H2,1H3. The second-order valence-corrected chi connectivity index (χ2v) is 5.01. The lowest BCUT2D eigenvalue weighted by Crippen LogP contribution is -2.00. The molecule has 94 valence electrons. The van der Waals surface area contributed by atoms with Gasteiger partial charge >= 0.3 is 0 Å². The van der Waals surface area contributed by atoms with Gasteiger partial charge in [0, 0.05) is 5.56 Å². The fourth-order valence-corrected chi connectivity index (χ4v) is 2.60. The SMILES string of the molecule is CC(=O)c1cccc(C2=Cc3ccccc3CC2)c1. The number of carbonyl (C=O) groups is 1. The third-order valence-corrected chi connectivity index (χ3v) is 3.69. The monoisotopic (exact) mass is 248 g/mol. The summed E-state index contributed by atoms with van der Waals surface area (Å²) in [6.45, 7) is 1.61. The zero-order valence-corrected chi connectivity index (χ0v) is 11.0. The van der Waals surface area contributed by atoms with Gasteiger partial charge in [-0.05, 0) is 48.1 Å². The quantitative estimate of drug-likeness (QED) is 0.721. The molecule has 0 amide bonds. The van der Waals surface area contributed by atoms with Gasteiger partial charge in [-0.2, -0.15) is 0 Å². The number of carbonyl (C=O) groups excluding carboxylic acids is 1. The van der Waals surface area contributed by atoms with Crippen molar-refractivity contribution in [1.29, 1.82) is 0 Å². The lowest BCUT2D eigenvalue weighted by molar-refractivity contribution is 0.101. The molecule has 0 aliphatic heterocycles. The highest BCUT2D eigenvalue weighted by atomic mass is 16.1. The Morgan fingerprint density at radius 2 is 1.84 bits per heavy atom. The molecule has 0 radical (unpaired) electrons. The van der Waals surface area contributed by atoms with Crippen molar-refractivity contribution >= 4 is 17.4 Å². The Kier molecular flexibility index (Phi) is 3.04. The molecule has 0 saturated heterocycles. The van der Waals surface area contributed by atoms with E-state index in [4.69, 9.17) is 0 Å². The van der Waals surface area contributed by atoms with E-state index < -0.39 is 0 Å². The molecule has 0 bridgehead atoms. The first-order chi connectivity index (χ1) is 9.24. The molecule has 1 aliphatic rings. The summed E-state index contributed by atoms with van der Waals surface area (Å²) >= 11 is 0. The van der Waals surface area contributed by atoms with Gasteiger partial charge in [0.05, 0.1) is 0 Å². The molecule has 3 rings (SSSR count). The van der Waals surface area contributed by atoms with Crippen molar-refractivity contribution in [2.45, 2.75) is 19.8 Å². The van der Waals surface area contributed by atoms with Crippen LogP contribution in [-0.2, 0) is 6.42 Å². The normalized spacial score (nSPS) is 13.6. The summed E-state index contributed by atoms with van der Waals surface area (Å²) in [4.78, 5) is 11.5.